The molecular weight excluding hydrogens is 271 g/mol. The van der Waals surface area contributed by atoms with Crippen LogP contribution in [0.25, 0.3) is 0 Å². The van der Waals surface area contributed by atoms with Gasteiger partial charge >= 0.3 is 6.36 Å². The first kappa shape index (κ1) is 14.6. The molecule has 3 nitrogen and oxygen atoms in total. The van der Waals surface area contributed by atoms with E-state index < -0.39 is 17.6 Å². The minimum Gasteiger partial charge on any atom is -0.406 e. The summed E-state index contributed by atoms with van der Waals surface area (Å²) in [5, 5.41) is 1.57. The van der Waals surface area contributed by atoms with Crippen molar-refractivity contribution in [1.29, 1.82) is 0 Å². The standard InChI is InChI=1S/C11H11ClF3NO2/c1-2-16-10(17)9(12)7-3-5-8(6-4-7)18-11(13,14)15/h3-6,9H,2H2,1H3,(H,16,17). The maximum Gasteiger partial charge on any atom is 0.573 e. The summed E-state index contributed by atoms with van der Waals surface area (Å²) in [6.07, 6.45) is -4.73. The average Bonchev–Trinajstić information content (AvgIpc) is 2.27. The third-order valence-corrected chi connectivity index (χ3v) is 2.44. The summed E-state index contributed by atoms with van der Waals surface area (Å²) in [6.45, 7) is 2.17. The van der Waals surface area contributed by atoms with Crippen LogP contribution in [0.1, 0.15) is 17.9 Å². The van der Waals surface area contributed by atoms with Crippen molar-refractivity contribution in [3.05, 3.63) is 29.8 Å². The molecule has 1 N–H and O–H groups in total. The van der Waals surface area contributed by atoms with E-state index in [0.29, 0.717) is 12.1 Å². The molecule has 0 aromatic heterocycles. The van der Waals surface area contributed by atoms with Crippen molar-refractivity contribution in [3.8, 4) is 5.75 Å². The molecule has 7 heteroatoms. The zero-order chi connectivity index (χ0) is 13.8. The van der Waals surface area contributed by atoms with E-state index in [2.05, 4.69) is 10.1 Å². The van der Waals surface area contributed by atoms with E-state index >= 15 is 0 Å². The van der Waals surface area contributed by atoms with Gasteiger partial charge < -0.3 is 10.1 Å². The van der Waals surface area contributed by atoms with Crippen LogP contribution in [-0.4, -0.2) is 18.8 Å². The molecule has 0 saturated carbocycles. The lowest BCUT2D eigenvalue weighted by Gasteiger charge is -2.12. The van der Waals surface area contributed by atoms with E-state index in [4.69, 9.17) is 11.6 Å². The average molecular weight is 282 g/mol. The smallest absolute Gasteiger partial charge is 0.406 e. The number of hydrogen-bond donors (Lipinski definition) is 1. The van der Waals surface area contributed by atoms with Gasteiger partial charge in [-0.15, -0.1) is 24.8 Å². The van der Waals surface area contributed by atoms with Crippen molar-refractivity contribution in [2.24, 2.45) is 0 Å². The highest BCUT2D eigenvalue weighted by atomic mass is 35.5. The van der Waals surface area contributed by atoms with Gasteiger partial charge in [0.15, 0.2) is 0 Å². The Bertz CT molecular complexity index is 406. The number of nitrogens with one attached hydrogen (secondary N) is 1. The number of amides is 1. The Kier molecular flexibility index (Phi) is 4.84. The van der Waals surface area contributed by atoms with Crippen molar-refractivity contribution in [3.63, 3.8) is 0 Å². The second kappa shape index (κ2) is 5.95. The van der Waals surface area contributed by atoms with E-state index in [1.807, 2.05) is 0 Å². The minimum absolute atomic E-state index is 0.356. The number of benzene rings is 1. The highest BCUT2D eigenvalue weighted by Crippen LogP contribution is 2.26. The number of rotatable bonds is 4. The molecule has 0 heterocycles. The number of carbonyl (C=O) groups is 1. The van der Waals surface area contributed by atoms with Gasteiger partial charge in [0.2, 0.25) is 5.91 Å². The molecule has 0 saturated heterocycles. The van der Waals surface area contributed by atoms with Crippen molar-refractivity contribution < 1.29 is 22.7 Å². The van der Waals surface area contributed by atoms with Crippen LogP contribution >= 0.6 is 11.6 Å². The first-order valence-corrected chi connectivity index (χ1v) is 5.54. The molecule has 1 unspecified atom stereocenters. The zero-order valence-electron chi connectivity index (χ0n) is 9.42. The van der Waals surface area contributed by atoms with Crippen molar-refractivity contribution in [2.75, 3.05) is 6.54 Å². The lowest BCUT2D eigenvalue weighted by Crippen LogP contribution is -2.26. The molecule has 0 aliphatic heterocycles. The Labute approximate surface area is 107 Å². The fraction of sp³-hybridized carbons (Fsp3) is 0.364. The predicted octanol–water partition coefficient (Wildman–Crippen LogP) is 3.00. The van der Waals surface area contributed by atoms with Crippen molar-refractivity contribution in [2.45, 2.75) is 18.7 Å². The van der Waals surface area contributed by atoms with Crippen LogP contribution in [0.15, 0.2) is 24.3 Å². The third-order valence-electron chi connectivity index (χ3n) is 1.99. The van der Waals surface area contributed by atoms with E-state index in [1.54, 1.807) is 6.92 Å². The highest BCUT2D eigenvalue weighted by Gasteiger charge is 2.31. The second-order valence-electron chi connectivity index (χ2n) is 3.37. The van der Waals surface area contributed by atoms with Crippen molar-refractivity contribution in [1.82, 2.24) is 5.32 Å². The molecule has 1 aromatic rings. The molecule has 18 heavy (non-hydrogen) atoms. The molecule has 0 aliphatic rings. The first-order valence-electron chi connectivity index (χ1n) is 5.11. The predicted molar refractivity (Wildman–Crippen MR) is 60.4 cm³/mol. The lowest BCUT2D eigenvalue weighted by molar-refractivity contribution is -0.274. The number of alkyl halides is 4. The van der Waals surface area contributed by atoms with Gasteiger partial charge in [0.25, 0.3) is 0 Å². The summed E-state index contributed by atoms with van der Waals surface area (Å²) >= 11 is 5.85. The summed E-state index contributed by atoms with van der Waals surface area (Å²) in [4.78, 5) is 11.4. The normalized spacial score (nSPS) is 12.9. The summed E-state index contributed by atoms with van der Waals surface area (Å²) < 4.78 is 39.5. The molecule has 1 rings (SSSR count). The molecule has 0 spiro atoms. The number of ether oxygens (including phenoxy) is 1. The number of halogens is 4. The lowest BCUT2D eigenvalue weighted by atomic mass is 10.1. The second-order valence-corrected chi connectivity index (χ2v) is 3.81. The van der Waals surface area contributed by atoms with Crippen LogP contribution in [0.3, 0.4) is 0 Å². The first-order chi connectivity index (χ1) is 8.33. The van der Waals surface area contributed by atoms with Gasteiger partial charge in [0, 0.05) is 6.54 Å². The molecule has 0 fully saturated rings. The van der Waals surface area contributed by atoms with Crippen LogP contribution in [0.2, 0.25) is 0 Å². The number of carbonyl (C=O) groups excluding carboxylic acids is 1. The monoisotopic (exact) mass is 281 g/mol. The molecule has 100 valence electrons. The highest BCUT2D eigenvalue weighted by molar-refractivity contribution is 6.30. The van der Waals surface area contributed by atoms with Gasteiger partial charge in [0.1, 0.15) is 11.1 Å². The SMILES string of the molecule is CCNC(=O)C(Cl)c1ccc(OC(F)(F)F)cc1. The Hall–Kier alpha value is -1.43. The zero-order valence-corrected chi connectivity index (χ0v) is 10.2. The topological polar surface area (TPSA) is 38.3 Å². The van der Waals surface area contributed by atoms with Crippen molar-refractivity contribution >= 4 is 17.5 Å². The van der Waals surface area contributed by atoms with Crippen LogP contribution < -0.4 is 10.1 Å². The largest absolute Gasteiger partial charge is 0.573 e. The molecule has 0 aliphatic carbocycles. The maximum atomic E-state index is 11.9. The summed E-state index contributed by atoms with van der Waals surface area (Å²) in [5.41, 5.74) is 0.400. The molecule has 0 bridgehead atoms. The van der Waals surface area contributed by atoms with Crippen LogP contribution in [0, 0.1) is 0 Å². The van der Waals surface area contributed by atoms with Gasteiger partial charge in [0.05, 0.1) is 0 Å². The Morgan fingerprint density at radius 2 is 1.94 bits per heavy atom. The Morgan fingerprint density at radius 1 is 1.39 bits per heavy atom. The van der Waals surface area contributed by atoms with E-state index in [-0.39, 0.29) is 5.75 Å². The number of likely N-dealkylation sites (N-methyl/N-ethyl adjacent to an activating group) is 1. The number of hydrogen-bond acceptors (Lipinski definition) is 2. The van der Waals surface area contributed by atoms with E-state index in [9.17, 15) is 18.0 Å². The van der Waals surface area contributed by atoms with Gasteiger partial charge in [-0.1, -0.05) is 12.1 Å². The minimum atomic E-state index is -4.73. The molecule has 0 radical (unpaired) electrons. The summed E-state index contributed by atoms with van der Waals surface area (Å²) in [5.74, 6) is -0.755. The van der Waals surface area contributed by atoms with Gasteiger partial charge in [-0.05, 0) is 24.6 Å². The van der Waals surface area contributed by atoms with Crippen LogP contribution in [0.4, 0.5) is 13.2 Å². The molecule has 1 atom stereocenters. The Balaban J connectivity index is 2.73. The van der Waals surface area contributed by atoms with Gasteiger partial charge in [-0.3, -0.25) is 4.79 Å². The summed E-state index contributed by atoms with van der Waals surface area (Å²) in [6, 6.07) is 4.84. The Morgan fingerprint density at radius 3 is 2.39 bits per heavy atom. The van der Waals surface area contributed by atoms with Crippen LogP contribution in [0.5, 0.6) is 5.75 Å². The van der Waals surface area contributed by atoms with E-state index in [0.717, 1.165) is 12.1 Å². The fourth-order valence-electron chi connectivity index (χ4n) is 1.25. The van der Waals surface area contributed by atoms with Crippen LogP contribution in [-0.2, 0) is 4.79 Å². The quantitative estimate of drug-likeness (QED) is 0.862. The summed E-state index contributed by atoms with van der Waals surface area (Å²) in [7, 11) is 0. The molecule has 1 amide bonds. The molecular formula is C11H11ClF3NO2. The van der Waals surface area contributed by atoms with Gasteiger partial charge in [-0.2, -0.15) is 0 Å². The molecule has 1 aromatic carbocycles. The van der Waals surface area contributed by atoms with Gasteiger partial charge in [-0.25, -0.2) is 0 Å². The fourth-order valence-corrected chi connectivity index (χ4v) is 1.48. The third kappa shape index (κ3) is 4.44. The van der Waals surface area contributed by atoms with E-state index in [1.165, 1.54) is 12.1 Å². The maximum absolute atomic E-state index is 11.9.